The van der Waals surface area contributed by atoms with Crippen LogP contribution in [0.4, 0.5) is 0 Å². The van der Waals surface area contributed by atoms with Gasteiger partial charge in [-0.2, -0.15) is 0 Å². The zero-order valence-electron chi connectivity index (χ0n) is 15.3. The van der Waals surface area contributed by atoms with Crippen LogP contribution in [-0.4, -0.2) is 33.0 Å². The minimum Gasteiger partial charge on any atom is -0.494 e. The Kier molecular flexibility index (Phi) is 4.98. The summed E-state index contributed by atoms with van der Waals surface area (Å²) in [5.41, 5.74) is 3.62. The number of nitrogens with one attached hydrogen (secondary N) is 1. The summed E-state index contributed by atoms with van der Waals surface area (Å²) in [7, 11) is 0. The van der Waals surface area contributed by atoms with Crippen molar-refractivity contribution in [3.05, 3.63) is 76.0 Å². The van der Waals surface area contributed by atoms with E-state index in [1.54, 1.807) is 12.4 Å². The van der Waals surface area contributed by atoms with E-state index in [1.807, 2.05) is 37.3 Å². The van der Waals surface area contributed by atoms with E-state index in [0.717, 1.165) is 41.2 Å². The van der Waals surface area contributed by atoms with Crippen LogP contribution in [0.3, 0.4) is 0 Å². The molecule has 0 atom stereocenters. The summed E-state index contributed by atoms with van der Waals surface area (Å²) >= 11 is 0. The van der Waals surface area contributed by atoms with Crippen molar-refractivity contribution in [3.8, 4) is 17.1 Å². The predicted octanol–water partition coefficient (Wildman–Crippen LogP) is 2.79. The van der Waals surface area contributed by atoms with E-state index in [-0.39, 0.29) is 5.56 Å². The van der Waals surface area contributed by atoms with Gasteiger partial charge in [0.1, 0.15) is 11.6 Å². The smallest absolute Gasteiger partial charge is 0.254 e. The van der Waals surface area contributed by atoms with E-state index in [1.165, 1.54) is 0 Å². The van der Waals surface area contributed by atoms with Crippen molar-refractivity contribution < 1.29 is 4.74 Å². The summed E-state index contributed by atoms with van der Waals surface area (Å²) in [6.07, 6.45) is 4.10. The van der Waals surface area contributed by atoms with E-state index >= 15 is 0 Å². The van der Waals surface area contributed by atoms with Gasteiger partial charge in [0.05, 0.1) is 12.3 Å². The average Bonchev–Trinajstić information content (AvgIpc) is 2.70. The molecule has 138 valence electrons. The van der Waals surface area contributed by atoms with Crippen molar-refractivity contribution in [2.45, 2.75) is 26.4 Å². The Bertz CT molecular complexity index is 985. The highest BCUT2D eigenvalue weighted by molar-refractivity contribution is 5.54. The molecule has 1 aliphatic heterocycles. The van der Waals surface area contributed by atoms with Gasteiger partial charge in [0.2, 0.25) is 0 Å². The summed E-state index contributed by atoms with van der Waals surface area (Å²) in [6.45, 7) is 4.89. The molecule has 0 saturated carbocycles. The molecule has 1 aromatic carbocycles. The fraction of sp³-hybridized carbons (Fsp3) is 0.286. The van der Waals surface area contributed by atoms with Gasteiger partial charge in [-0.3, -0.25) is 14.7 Å². The number of hydrogen-bond donors (Lipinski definition) is 1. The molecular formula is C21H22N4O2. The first-order valence-electron chi connectivity index (χ1n) is 9.20. The van der Waals surface area contributed by atoms with Crippen molar-refractivity contribution in [1.29, 1.82) is 0 Å². The molecule has 27 heavy (non-hydrogen) atoms. The van der Waals surface area contributed by atoms with Crippen LogP contribution in [0.5, 0.6) is 5.75 Å². The molecule has 6 nitrogen and oxygen atoms in total. The van der Waals surface area contributed by atoms with Gasteiger partial charge in [-0.25, -0.2) is 4.98 Å². The van der Waals surface area contributed by atoms with E-state index < -0.39 is 0 Å². The molecular weight excluding hydrogens is 340 g/mol. The number of para-hydroxylation sites is 1. The third-order valence-corrected chi connectivity index (χ3v) is 4.77. The van der Waals surface area contributed by atoms with Crippen molar-refractivity contribution in [3.63, 3.8) is 0 Å². The minimum absolute atomic E-state index is 0.0406. The average molecular weight is 362 g/mol. The number of nitrogens with zero attached hydrogens (tertiary/aromatic N) is 3. The van der Waals surface area contributed by atoms with Gasteiger partial charge >= 0.3 is 0 Å². The van der Waals surface area contributed by atoms with Crippen molar-refractivity contribution in [2.75, 3.05) is 13.2 Å². The van der Waals surface area contributed by atoms with Gasteiger partial charge in [0, 0.05) is 48.7 Å². The normalized spacial score (nSPS) is 14.0. The molecule has 0 unspecified atom stereocenters. The number of pyridine rings is 1. The lowest BCUT2D eigenvalue weighted by atomic mass is 10.0. The van der Waals surface area contributed by atoms with Crippen LogP contribution >= 0.6 is 0 Å². The Morgan fingerprint density at radius 3 is 2.81 bits per heavy atom. The lowest BCUT2D eigenvalue weighted by Gasteiger charge is -2.28. The van der Waals surface area contributed by atoms with Gasteiger partial charge in [0.15, 0.2) is 0 Å². The number of aromatic amines is 1. The van der Waals surface area contributed by atoms with Crippen molar-refractivity contribution in [1.82, 2.24) is 19.9 Å². The quantitative estimate of drug-likeness (QED) is 0.756. The van der Waals surface area contributed by atoms with Crippen LogP contribution in [-0.2, 0) is 19.5 Å². The van der Waals surface area contributed by atoms with E-state index in [2.05, 4.69) is 20.9 Å². The minimum atomic E-state index is -0.0406. The van der Waals surface area contributed by atoms with Crippen molar-refractivity contribution >= 4 is 0 Å². The van der Waals surface area contributed by atoms with Crippen molar-refractivity contribution in [2.24, 2.45) is 0 Å². The van der Waals surface area contributed by atoms with Crippen LogP contribution in [0.15, 0.2) is 53.6 Å². The SMILES string of the molecule is CCOc1ccccc1CN1CCc2c(nc(-c3ccncc3)[nH]c2=O)C1. The van der Waals surface area contributed by atoms with Gasteiger partial charge in [0.25, 0.3) is 5.56 Å². The van der Waals surface area contributed by atoms with Gasteiger partial charge in [-0.15, -0.1) is 0 Å². The van der Waals surface area contributed by atoms with Crippen LogP contribution < -0.4 is 10.3 Å². The lowest BCUT2D eigenvalue weighted by Crippen LogP contribution is -2.35. The molecule has 0 saturated heterocycles. The predicted molar refractivity (Wildman–Crippen MR) is 104 cm³/mol. The molecule has 0 fully saturated rings. The summed E-state index contributed by atoms with van der Waals surface area (Å²) in [6, 6.07) is 11.8. The van der Waals surface area contributed by atoms with Crippen LogP contribution in [0.1, 0.15) is 23.7 Å². The molecule has 3 heterocycles. The monoisotopic (exact) mass is 362 g/mol. The number of fused-ring (bicyclic) bond motifs is 1. The standard InChI is InChI=1S/C21H22N4O2/c1-2-27-19-6-4-3-5-16(19)13-25-12-9-17-18(14-25)23-20(24-21(17)26)15-7-10-22-11-8-15/h3-8,10-11H,2,9,12-14H2,1H3,(H,23,24,26). The summed E-state index contributed by atoms with van der Waals surface area (Å²) in [4.78, 5) is 26.5. The van der Waals surface area contributed by atoms with Crippen LogP contribution in [0.25, 0.3) is 11.4 Å². The highest BCUT2D eigenvalue weighted by Gasteiger charge is 2.22. The third kappa shape index (κ3) is 3.75. The maximum atomic E-state index is 12.5. The number of benzene rings is 1. The molecule has 0 bridgehead atoms. The van der Waals surface area contributed by atoms with E-state index in [0.29, 0.717) is 25.4 Å². The Morgan fingerprint density at radius 1 is 1.19 bits per heavy atom. The molecule has 2 aromatic heterocycles. The molecule has 0 aliphatic carbocycles. The molecule has 3 aromatic rings. The first-order chi connectivity index (χ1) is 13.2. The second-order valence-corrected chi connectivity index (χ2v) is 6.58. The van der Waals surface area contributed by atoms with Crippen LogP contribution in [0, 0.1) is 0 Å². The summed E-state index contributed by atoms with van der Waals surface area (Å²) in [5.74, 6) is 1.51. The molecule has 1 N–H and O–H groups in total. The number of hydrogen-bond acceptors (Lipinski definition) is 5. The van der Waals surface area contributed by atoms with Gasteiger partial charge in [-0.05, 0) is 31.5 Å². The lowest BCUT2D eigenvalue weighted by molar-refractivity contribution is 0.234. The van der Waals surface area contributed by atoms with E-state index in [9.17, 15) is 4.79 Å². The maximum absolute atomic E-state index is 12.5. The number of aromatic nitrogens is 3. The Balaban J connectivity index is 1.59. The second kappa shape index (κ2) is 7.72. The first-order valence-corrected chi connectivity index (χ1v) is 9.20. The summed E-state index contributed by atoms with van der Waals surface area (Å²) < 4.78 is 5.74. The highest BCUT2D eigenvalue weighted by Crippen LogP contribution is 2.23. The zero-order valence-corrected chi connectivity index (χ0v) is 15.3. The molecule has 6 heteroatoms. The Labute approximate surface area is 157 Å². The molecule has 0 amide bonds. The Morgan fingerprint density at radius 2 is 2.00 bits per heavy atom. The van der Waals surface area contributed by atoms with E-state index in [4.69, 9.17) is 9.72 Å². The Hall–Kier alpha value is -2.99. The molecule has 1 aliphatic rings. The topological polar surface area (TPSA) is 71.1 Å². The van der Waals surface area contributed by atoms with Gasteiger partial charge in [-0.1, -0.05) is 18.2 Å². The molecule has 0 spiro atoms. The van der Waals surface area contributed by atoms with Crippen LogP contribution in [0.2, 0.25) is 0 Å². The highest BCUT2D eigenvalue weighted by atomic mass is 16.5. The fourth-order valence-corrected chi connectivity index (χ4v) is 3.45. The third-order valence-electron chi connectivity index (χ3n) is 4.77. The molecule has 0 radical (unpaired) electrons. The maximum Gasteiger partial charge on any atom is 0.254 e. The zero-order chi connectivity index (χ0) is 18.6. The number of rotatable bonds is 5. The molecule has 4 rings (SSSR count). The fourth-order valence-electron chi connectivity index (χ4n) is 3.45. The van der Waals surface area contributed by atoms with Gasteiger partial charge < -0.3 is 9.72 Å². The summed E-state index contributed by atoms with van der Waals surface area (Å²) in [5, 5.41) is 0. The first kappa shape index (κ1) is 17.4. The number of ether oxygens (including phenoxy) is 1. The number of H-pyrrole nitrogens is 1. The second-order valence-electron chi connectivity index (χ2n) is 6.58. The largest absolute Gasteiger partial charge is 0.494 e.